The minimum Gasteiger partial charge on any atom is -0.348 e. The first-order valence-corrected chi connectivity index (χ1v) is 8.48. The van der Waals surface area contributed by atoms with Crippen LogP contribution in [0.1, 0.15) is 31.6 Å². The average molecular weight is 345 g/mol. The molecule has 1 aromatic carbocycles. The van der Waals surface area contributed by atoms with E-state index in [4.69, 9.17) is 9.47 Å². The van der Waals surface area contributed by atoms with Crippen molar-refractivity contribution in [3.8, 4) is 11.3 Å². The molecule has 0 spiro atoms. The number of hydrogen-bond acceptors (Lipinski definition) is 3. The molecule has 2 aromatic rings. The first-order valence-electron chi connectivity index (χ1n) is 8.48. The lowest BCUT2D eigenvalue weighted by Gasteiger charge is -2.28. The maximum Gasteiger partial charge on any atom is 0.185 e. The maximum atomic E-state index is 13.3. The molecular formula is C20H21F2NO2. The molecule has 132 valence electrons. The van der Waals surface area contributed by atoms with Crippen LogP contribution in [0.15, 0.2) is 48.7 Å². The number of unbranched alkanes of at least 4 members (excludes halogenated alkanes) is 1. The molecule has 2 heterocycles. The fraction of sp³-hybridized carbons (Fsp3) is 0.350. The quantitative estimate of drug-likeness (QED) is 0.711. The number of rotatable bonds is 5. The van der Waals surface area contributed by atoms with E-state index in [0.717, 1.165) is 30.5 Å². The zero-order chi connectivity index (χ0) is 17.6. The van der Waals surface area contributed by atoms with Crippen molar-refractivity contribution >= 4 is 0 Å². The molecule has 25 heavy (non-hydrogen) atoms. The third-order valence-corrected chi connectivity index (χ3v) is 4.06. The van der Waals surface area contributed by atoms with Crippen LogP contribution in [0.4, 0.5) is 8.78 Å². The van der Waals surface area contributed by atoms with Crippen LogP contribution in [0.3, 0.4) is 0 Å². The SMILES string of the molecule is CCCC=C[C@H]1CO[C@H](c2ccc(-c3ccc(F)c(F)c3)nc2)OC1. The predicted molar refractivity (Wildman–Crippen MR) is 91.8 cm³/mol. The Morgan fingerprint density at radius 3 is 2.56 bits per heavy atom. The van der Waals surface area contributed by atoms with Crippen LogP contribution in [0.25, 0.3) is 11.3 Å². The Morgan fingerprint density at radius 1 is 1.12 bits per heavy atom. The van der Waals surface area contributed by atoms with Gasteiger partial charge in [-0.1, -0.05) is 31.6 Å². The van der Waals surface area contributed by atoms with Gasteiger partial charge in [0.05, 0.1) is 18.9 Å². The second kappa shape index (κ2) is 8.32. The summed E-state index contributed by atoms with van der Waals surface area (Å²) >= 11 is 0. The van der Waals surface area contributed by atoms with Gasteiger partial charge in [-0.25, -0.2) is 8.78 Å². The molecule has 5 heteroatoms. The molecule has 0 atom stereocenters. The summed E-state index contributed by atoms with van der Waals surface area (Å²) in [5, 5.41) is 0. The van der Waals surface area contributed by atoms with E-state index in [1.165, 1.54) is 6.07 Å². The van der Waals surface area contributed by atoms with Gasteiger partial charge in [-0.2, -0.15) is 0 Å². The van der Waals surface area contributed by atoms with Crippen molar-refractivity contribution in [3.63, 3.8) is 0 Å². The van der Waals surface area contributed by atoms with Crippen LogP contribution in [0.5, 0.6) is 0 Å². The standard InChI is InChI=1S/C20H21F2NO2/c1-2-3-4-5-14-12-24-20(25-13-14)16-7-9-19(23-11-16)15-6-8-17(21)18(22)10-15/h4-11,14,20H,2-3,12-13H2,1H3/t14-,20-. The molecule has 3 rings (SSSR count). The summed E-state index contributed by atoms with van der Waals surface area (Å²) in [5.74, 6) is -1.48. The lowest BCUT2D eigenvalue weighted by atomic mass is 10.1. The van der Waals surface area contributed by atoms with Crippen molar-refractivity contribution in [3.05, 3.63) is 65.9 Å². The van der Waals surface area contributed by atoms with E-state index in [0.29, 0.717) is 24.5 Å². The lowest BCUT2D eigenvalue weighted by molar-refractivity contribution is -0.197. The van der Waals surface area contributed by atoms with Crippen molar-refractivity contribution in [2.75, 3.05) is 13.2 Å². The van der Waals surface area contributed by atoms with E-state index in [1.54, 1.807) is 12.3 Å². The van der Waals surface area contributed by atoms with Crippen LogP contribution in [-0.4, -0.2) is 18.2 Å². The highest BCUT2D eigenvalue weighted by Crippen LogP contribution is 2.27. The van der Waals surface area contributed by atoms with Crippen LogP contribution in [0.2, 0.25) is 0 Å². The molecule has 0 amide bonds. The maximum absolute atomic E-state index is 13.3. The van der Waals surface area contributed by atoms with Gasteiger partial charge in [0.25, 0.3) is 0 Å². The highest BCUT2D eigenvalue weighted by molar-refractivity contribution is 5.59. The topological polar surface area (TPSA) is 31.4 Å². The molecular weight excluding hydrogens is 324 g/mol. The summed E-state index contributed by atoms with van der Waals surface area (Å²) in [7, 11) is 0. The number of ether oxygens (including phenoxy) is 2. The molecule has 1 aliphatic heterocycles. The van der Waals surface area contributed by atoms with E-state index in [-0.39, 0.29) is 5.92 Å². The molecule has 1 saturated heterocycles. The van der Waals surface area contributed by atoms with E-state index in [2.05, 4.69) is 24.1 Å². The number of hydrogen-bond donors (Lipinski definition) is 0. The van der Waals surface area contributed by atoms with E-state index >= 15 is 0 Å². The van der Waals surface area contributed by atoms with E-state index < -0.39 is 17.9 Å². The molecule has 1 aliphatic rings. The molecule has 3 nitrogen and oxygen atoms in total. The summed E-state index contributed by atoms with van der Waals surface area (Å²) < 4.78 is 37.9. The number of benzene rings is 1. The molecule has 0 N–H and O–H groups in total. The van der Waals surface area contributed by atoms with Gasteiger partial charge in [0.15, 0.2) is 17.9 Å². The van der Waals surface area contributed by atoms with Crippen LogP contribution >= 0.6 is 0 Å². The summed E-state index contributed by atoms with van der Waals surface area (Å²) in [4.78, 5) is 4.31. The van der Waals surface area contributed by atoms with Crippen LogP contribution in [0, 0.1) is 17.6 Å². The van der Waals surface area contributed by atoms with Crippen molar-refractivity contribution in [2.45, 2.75) is 26.1 Å². The summed E-state index contributed by atoms with van der Waals surface area (Å²) in [6.45, 7) is 3.36. The Balaban J connectivity index is 1.62. The Morgan fingerprint density at radius 2 is 1.92 bits per heavy atom. The number of aromatic nitrogens is 1. The minimum absolute atomic E-state index is 0.275. The lowest BCUT2D eigenvalue weighted by Crippen LogP contribution is -2.25. The normalized spacial score (nSPS) is 20.9. The van der Waals surface area contributed by atoms with E-state index in [9.17, 15) is 8.78 Å². The first-order chi connectivity index (χ1) is 12.2. The third-order valence-electron chi connectivity index (χ3n) is 4.06. The number of nitrogens with zero attached hydrogens (tertiary/aromatic N) is 1. The Labute approximate surface area is 146 Å². The number of allylic oxidation sites excluding steroid dienone is 1. The van der Waals surface area contributed by atoms with Gasteiger partial charge < -0.3 is 9.47 Å². The molecule has 0 saturated carbocycles. The predicted octanol–water partition coefficient (Wildman–Crippen LogP) is 5.04. The molecule has 0 aliphatic carbocycles. The largest absolute Gasteiger partial charge is 0.348 e. The molecule has 1 aromatic heterocycles. The van der Waals surface area contributed by atoms with Crippen molar-refractivity contribution < 1.29 is 18.3 Å². The summed E-state index contributed by atoms with van der Waals surface area (Å²) in [6, 6.07) is 7.32. The summed E-state index contributed by atoms with van der Waals surface area (Å²) in [6.07, 6.45) is 7.70. The number of pyridine rings is 1. The van der Waals surface area contributed by atoms with Crippen molar-refractivity contribution in [1.82, 2.24) is 4.98 Å². The van der Waals surface area contributed by atoms with Gasteiger partial charge in [-0.15, -0.1) is 0 Å². The average Bonchev–Trinajstić information content (AvgIpc) is 2.65. The molecule has 1 fully saturated rings. The first kappa shape index (κ1) is 17.7. The second-order valence-corrected chi connectivity index (χ2v) is 6.08. The molecule has 0 unspecified atom stereocenters. The monoisotopic (exact) mass is 345 g/mol. The zero-order valence-electron chi connectivity index (χ0n) is 14.1. The van der Waals surface area contributed by atoms with E-state index in [1.807, 2.05) is 6.07 Å². The second-order valence-electron chi connectivity index (χ2n) is 6.08. The fourth-order valence-corrected chi connectivity index (χ4v) is 2.65. The van der Waals surface area contributed by atoms with Gasteiger partial charge in [0, 0.05) is 23.2 Å². The summed E-state index contributed by atoms with van der Waals surface area (Å²) in [5.41, 5.74) is 1.90. The zero-order valence-corrected chi connectivity index (χ0v) is 14.1. The fourth-order valence-electron chi connectivity index (χ4n) is 2.65. The van der Waals surface area contributed by atoms with Crippen molar-refractivity contribution in [2.24, 2.45) is 5.92 Å². The van der Waals surface area contributed by atoms with Crippen LogP contribution in [-0.2, 0) is 9.47 Å². The van der Waals surface area contributed by atoms with Gasteiger partial charge in [-0.3, -0.25) is 4.98 Å². The highest BCUT2D eigenvalue weighted by atomic mass is 19.2. The van der Waals surface area contributed by atoms with Gasteiger partial charge in [0.1, 0.15) is 0 Å². The van der Waals surface area contributed by atoms with Gasteiger partial charge in [0.2, 0.25) is 0 Å². The molecule has 0 bridgehead atoms. The smallest absolute Gasteiger partial charge is 0.185 e. The van der Waals surface area contributed by atoms with Gasteiger partial charge in [-0.05, 0) is 30.7 Å². The van der Waals surface area contributed by atoms with Crippen molar-refractivity contribution in [1.29, 1.82) is 0 Å². The Kier molecular flexibility index (Phi) is 5.89. The number of halogens is 2. The molecule has 0 radical (unpaired) electrons. The Bertz CT molecular complexity index is 723. The van der Waals surface area contributed by atoms with Gasteiger partial charge >= 0.3 is 0 Å². The highest BCUT2D eigenvalue weighted by Gasteiger charge is 2.22. The third kappa shape index (κ3) is 4.50. The van der Waals surface area contributed by atoms with Crippen LogP contribution < -0.4 is 0 Å². The minimum atomic E-state index is -0.885. The Hall–Kier alpha value is -2.11.